The van der Waals surface area contributed by atoms with E-state index in [-0.39, 0.29) is 0 Å². The minimum absolute atomic E-state index is 0.517. The largest absolute Gasteiger partial charge is 0.545 e. The van der Waals surface area contributed by atoms with Gasteiger partial charge in [0.05, 0.1) is 5.97 Å². The van der Waals surface area contributed by atoms with Gasteiger partial charge in [-0.2, -0.15) is 0 Å². The fourth-order valence-electron chi connectivity index (χ4n) is 1.76. The molecular weight excluding hydrogens is 278 g/mol. The number of carboxylic acids is 1. The second kappa shape index (κ2) is 7.59. The van der Waals surface area contributed by atoms with Gasteiger partial charge in [0.2, 0.25) is 5.91 Å². The predicted octanol–water partition coefficient (Wildman–Crippen LogP) is 2.10. The summed E-state index contributed by atoms with van der Waals surface area (Å²) in [6.07, 6.45) is 5.57. The van der Waals surface area contributed by atoms with Crippen molar-refractivity contribution in [1.29, 1.82) is 0 Å². The van der Waals surface area contributed by atoms with Crippen LogP contribution in [0.3, 0.4) is 0 Å². The molecular formula is C18H14NO3-. The molecule has 1 N–H and O–H groups in total. The lowest BCUT2D eigenvalue weighted by molar-refractivity contribution is -0.297. The maximum Gasteiger partial charge on any atom is 0.248 e. The number of hydrogen-bond acceptors (Lipinski definition) is 3. The molecule has 0 fully saturated rings. The van der Waals surface area contributed by atoms with Crippen molar-refractivity contribution in [3.8, 4) is 0 Å². The van der Waals surface area contributed by atoms with Crippen molar-refractivity contribution in [3.05, 3.63) is 77.9 Å². The molecule has 110 valence electrons. The smallest absolute Gasteiger partial charge is 0.248 e. The number of carbonyl (C=O) groups excluding carboxylic acids is 2. The predicted molar refractivity (Wildman–Crippen MR) is 84.6 cm³/mol. The Labute approximate surface area is 128 Å². The standard InChI is InChI=1S/C18H15NO3/c20-17(12-13-18(21)22)19-16-10-8-15(9-11-16)7-6-14-4-2-1-3-5-14/h1-13H,(H,19,20)(H,21,22)/p-1/b7-6?,13-12+. The van der Waals surface area contributed by atoms with Crippen molar-refractivity contribution >= 4 is 29.7 Å². The lowest BCUT2D eigenvalue weighted by atomic mass is 10.1. The topological polar surface area (TPSA) is 69.2 Å². The Morgan fingerprint density at radius 1 is 0.818 bits per heavy atom. The van der Waals surface area contributed by atoms with Crippen LogP contribution in [-0.4, -0.2) is 11.9 Å². The fourth-order valence-corrected chi connectivity index (χ4v) is 1.76. The number of carbonyl (C=O) groups is 2. The molecule has 2 aromatic rings. The van der Waals surface area contributed by atoms with E-state index >= 15 is 0 Å². The first-order valence-corrected chi connectivity index (χ1v) is 6.67. The SMILES string of the molecule is O=C([O-])/C=C/C(=O)Nc1ccc(C=Cc2ccccc2)cc1. The van der Waals surface area contributed by atoms with Crippen LogP contribution in [0.2, 0.25) is 0 Å². The van der Waals surface area contributed by atoms with Gasteiger partial charge in [-0.3, -0.25) is 4.79 Å². The van der Waals surface area contributed by atoms with E-state index in [2.05, 4.69) is 5.32 Å². The Kier molecular flexibility index (Phi) is 5.26. The van der Waals surface area contributed by atoms with Gasteiger partial charge < -0.3 is 15.2 Å². The highest BCUT2D eigenvalue weighted by Crippen LogP contribution is 2.12. The Morgan fingerprint density at radius 2 is 1.41 bits per heavy atom. The van der Waals surface area contributed by atoms with Crippen LogP contribution in [0.25, 0.3) is 12.2 Å². The van der Waals surface area contributed by atoms with Gasteiger partial charge in [-0.05, 0) is 29.3 Å². The second-order valence-electron chi connectivity index (χ2n) is 4.51. The third kappa shape index (κ3) is 5.09. The first kappa shape index (κ1) is 15.3. The van der Waals surface area contributed by atoms with Gasteiger partial charge in [0.25, 0.3) is 0 Å². The molecule has 0 bridgehead atoms. The van der Waals surface area contributed by atoms with Gasteiger partial charge in [-0.15, -0.1) is 0 Å². The van der Waals surface area contributed by atoms with Crippen LogP contribution in [0.1, 0.15) is 11.1 Å². The highest BCUT2D eigenvalue weighted by atomic mass is 16.4. The highest BCUT2D eigenvalue weighted by Gasteiger charge is 1.97. The van der Waals surface area contributed by atoms with E-state index in [0.29, 0.717) is 11.8 Å². The molecule has 0 unspecified atom stereocenters. The van der Waals surface area contributed by atoms with Crippen molar-refractivity contribution in [2.24, 2.45) is 0 Å². The normalized spacial score (nSPS) is 10.9. The number of carboxylic acid groups (broad SMARTS) is 1. The summed E-state index contributed by atoms with van der Waals surface area (Å²) in [5.74, 6) is -1.92. The molecule has 0 radical (unpaired) electrons. The van der Waals surface area contributed by atoms with Crippen molar-refractivity contribution in [2.75, 3.05) is 5.32 Å². The van der Waals surface area contributed by atoms with Crippen LogP contribution >= 0.6 is 0 Å². The van der Waals surface area contributed by atoms with E-state index in [1.807, 2.05) is 54.6 Å². The van der Waals surface area contributed by atoms with Gasteiger partial charge in [0.15, 0.2) is 0 Å². The van der Waals surface area contributed by atoms with Crippen molar-refractivity contribution in [1.82, 2.24) is 0 Å². The fraction of sp³-hybridized carbons (Fsp3) is 0. The van der Waals surface area contributed by atoms with Crippen LogP contribution in [-0.2, 0) is 9.59 Å². The summed E-state index contributed by atoms with van der Waals surface area (Å²) in [7, 11) is 0. The Hall–Kier alpha value is -3.14. The van der Waals surface area contributed by atoms with Gasteiger partial charge in [0, 0.05) is 11.8 Å². The Morgan fingerprint density at radius 3 is 2.00 bits per heavy atom. The summed E-state index contributed by atoms with van der Waals surface area (Å²) in [5.41, 5.74) is 2.68. The number of benzene rings is 2. The molecule has 0 heterocycles. The number of anilines is 1. The number of hydrogen-bond donors (Lipinski definition) is 1. The van der Waals surface area contributed by atoms with E-state index in [1.165, 1.54) is 0 Å². The van der Waals surface area contributed by atoms with E-state index in [4.69, 9.17) is 0 Å². The van der Waals surface area contributed by atoms with Gasteiger partial charge in [-0.1, -0.05) is 54.6 Å². The summed E-state index contributed by atoms with van der Waals surface area (Å²) in [5, 5.41) is 12.8. The van der Waals surface area contributed by atoms with Crippen LogP contribution in [0.15, 0.2) is 66.7 Å². The van der Waals surface area contributed by atoms with Crippen LogP contribution in [0.5, 0.6) is 0 Å². The zero-order valence-electron chi connectivity index (χ0n) is 11.7. The van der Waals surface area contributed by atoms with Gasteiger partial charge in [-0.25, -0.2) is 0 Å². The summed E-state index contributed by atoms with van der Waals surface area (Å²) in [4.78, 5) is 21.6. The zero-order valence-corrected chi connectivity index (χ0v) is 11.7. The number of amides is 1. The molecule has 0 aliphatic carbocycles. The lowest BCUT2D eigenvalue weighted by Crippen LogP contribution is -2.20. The minimum Gasteiger partial charge on any atom is -0.545 e. The number of aliphatic carboxylic acids is 1. The Balaban J connectivity index is 1.97. The molecule has 0 aliphatic rings. The summed E-state index contributed by atoms with van der Waals surface area (Å²) in [6, 6.07) is 17.1. The maximum absolute atomic E-state index is 11.4. The molecule has 0 atom stereocenters. The molecule has 0 aromatic heterocycles. The van der Waals surface area contributed by atoms with Crippen LogP contribution < -0.4 is 10.4 Å². The lowest BCUT2D eigenvalue weighted by Gasteiger charge is -2.02. The second-order valence-corrected chi connectivity index (χ2v) is 4.51. The van der Waals surface area contributed by atoms with Crippen molar-refractivity contribution < 1.29 is 14.7 Å². The van der Waals surface area contributed by atoms with Crippen molar-refractivity contribution in [3.63, 3.8) is 0 Å². The van der Waals surface area contributed by atoms with E-state index in [9.17, 15) is 14.7 Å². The monoisotopic (exact) mass is 292 g/mol. The molecule has 0 saturated carbocycles. The third-order valence-electron chi connectivity index (χ3n) is 2.82. The quantitative estimate of drug-likeness (QED) is 0.677. The van der Waals surface area contributed by atoms with Gasteiger partial charge in [0.1, 0.15) is 0 Å². The molecule has 0 spiro atoms. The zero-order chi connectivity index (χ0) is 15.8. The van der Waals surface area contributed by atoms with E-state index in [0.717, 1.165) is 17.2 Å². The molecule has 0 aliphatic heterocycles. The number of nitrogens with one attached hydrogen (secondary N) is 1. The summed E-state index contributed by atoms with van der Waals surface area (Å²) in [6.45, 7) is 0. The molecule has 1 amide bonds. The number of rotatable bonds is 5. The first-order valence-electron chi connectivity index (χ1n) is 6.67. The Bertz CT molecular complexity index is 701. The molecule has 4 heteroatoms. The average Bonchev–Trinajstić information content (AvgIpc) is 2.53. The average molecular weight is 292 g/mol. The minimum atomic E-state index is -1.41. The molecule has 0 saturated heterocycles. The molecule has 22 heavy (non-hydrogen) atoms. The molecule has 2 aromatic carbocycles. The summed E-state index contributed by atoms with van der Waals surface area (Å²) < 4.78 is 0. The first-order chi connectivity index (χ1) is 10.6. The highest BCUT2D eigenvalue weighted by molar-refractivity contribution is 6.02. The third-order valence-corrected chi connectivity index (χ3v) is 2.82. The van der Waals surface area contributed by atoms with E-state index in [1.54, 1.807) is 12.1 Å². The molecule has 2 rings (SSSR count). The maximum atomic E-state index is 11.4. The summed E-state index contributed by atoms with van der Waals surface area (Å²) >= 11 is 0. The van der Waals surface area contributed by atoms with E-state index < -0.39 is 11.9 Å². The van der Waals surface area contributed by atoms with Crippen LogP contribution in [0, 0.1) is 0 Å². The van der Waals surface area contributed by atoms with Crippen LogP contribution in [0.4, 0.5) is 5.69 Å². The van der Waals surface area contributed by atoms with Crippen molar-refractivity contribution in [2.45, 2.75) is 0 Å². The van der Waals surface area contributed by atoms with Gasteiger partial charge >= 0.3 is 0 Å². The molecule has 4 nitrogen and oxygen atoms in total.